The van der Waals surface area contributed by atoms with Crippen LogP contribution in [-0.2, 0) is 19.7 Å². The van der Waals surface area contributed by atoms with Gasteiger partial charge in [0.25, 0.3) is 0 Å². The number of rotatable bonds is 7. The number of aryl methyl sites for hydroxylation is 1. The van der Waals surface area contributed by atoms with Crippen LogP contribution in [0.15, 0.2) is 42.6 Å². The van der Waals surface area contributed by atoms with Crippen LogP contribution in [0.5, 0.6) is 0 Å². The summed E-state index contributed by atoms with van der Waals surface area (Å²) >= 11 is 0. The zero-order valence-corrected chi connectivity index (χ0v) is 22.0. The van der Waals surface area contributed by atoms with Crippen LogP contribution in [0, 0.1) is 29.6 Å². The molecule has 0 spiro atoms. The fourth-order valence-corrected chi connectivity index (χ4v) is 4.81. The number of carbonyl (C=O) groups excluding carboxylic acids is 1. The van der Waals surface area contributed by atoms with Crippen LogP contribution in [0.1, 0.15) is 29.2 Å². The highest BCUT2D eigenvalue weighted by molar-refractivity contribution is 5.77. The molecule has 2 aromatic carbocycles. The smallest absolute Gasteiger partial charge is 0.320 e. The van der Waals surface area contributed by atoms with E-state index in [9.17, 15) is 15.3 Å². The molecule has 2 aliphatic heterocycles. The van der Waals surface area contributed by atoms with Crippen LogP contribution in [0.3, 0.4) is 0 Å². The Morgan fingerprint density at radius 3 is 2.79 bits per heavy atom. The van der Waals surface area contributed by atoms with Crippen molar-refractivity contribution >= 4 is 23.3 Å². The third kappa shape index (κ3) is 5.68. The number of ether oxygens (including phenoxy) is 2. The average molecular weight is 524 g/mol. The van der Waals surface area contributed by atoms with E-state index in [2.05, 4.69) is 32.7 Å². The lowest BCUT2D eigenvalue weighted by Gasteiger charge is -2.27. The van der Waals surface area contributed by atoms with Crippen molar-refractivity contribution in [3.8, 4) is 23.4 Å². The van der Waals surface area contributed by atoms with E-state index in [4.69, 9.17) is 9.47 Å². The van der Waals surface area contributed by atoms with Crippen LogP contribution in [-0.4, -0.2) is 66.8 Å². The van der Waals surface area contributed by atoms with Gasteiger partial charge in [-0.3, -0.25) is 9.69 Å². The number of fused-ring (bicyclic) bond motifs is 1. The molecule has 39 heavy (non-hydrogen) atoms. The summed E-state index contributed by atoms with van der Waals surface area (Å²) in [5.41, 5.74) is 5.27. The van der Waals surface area contributed by atoms with Gasteiger partial charge in [0.1, 0.15) is 12.7 Å². The minimum absolute atomic E-state index is 0.190. The standard InChI is InChI=1S/C29H29N7O3/c1-19-3-4-20(14-30)11-25(19)35-28-32-6-5-24(34-28)21-12-22(15-31)27-23(13-21)29(2,17-33-27)18-39-26(37)16-36-7-9-38-10-8-36/h3-6,11-13,33H,7-10,16-18H2,1-2H3,(H,32,34,35)/t29-/m1/s1. The number of nitrogens with one attached hydrogen (secondary N) is 2. The summed E-state index contributed by atoms with van der Waals surface area (Å²) in [4.78, 5) is 23.6. The highest BCUT2D eigenvalue weighted by Gasteiger charge is 2.38. The molecule has 2 N–H and O–H groups in total. The summed E-state index contributed by atoms with van der Waals surface area (Å²) in [7, 11) is 0. The second kappa shape index (κ2) is 11.1. The number of nitriles is 2. The second-order valence-electron chi connectivity index (χ2n) is 10.1. The Labute approximate surface area is 227 Å². The fourth-order valence-electron chi connectivity index (χ4n) is 4.81. The molecule has 0 unspecified atom stereocenters. The molecule has 1 atom stereocenters. The summed E-state index contributed by atoms with van der Waals surface area (Å²) in [6.45, 7) is 7.59. The van der Waals surface area contributed by atoms with Crippen LogP contribution < -0.4 is 10.6 Å². The summed E-state index contributed by atoms with van der Waals surface area (Å²) in [5, 5.41) is 25.7. The monoisotopic (exact) mass is 523 g/mol. The zero-order valence-electron chi connectivity index (χ0n) is 22.0. The lowest BCUT2D eigenvalue weighted by atomic mass is 9.83. The number of morpholine rings is 1. The van der Waals surface area contributed by atoms with Gasteiger partial charge in [-0.15, -0.1) is 0 Å². The highest BCUT2D eigenvalue weighted by Crippen LogP contribution is 2.41. The molecule has 3 heterocycles. The first-order valence-electron chi connectivity index (χ1n) is 12.8. The summed E-state index contributed by atoms with van der Waals surface area (Å²) < 4.78 is 11.1. The van der Waals surface area contributed by atoms with Crippen molar-refractivity contribution in [2.45, 2.75) is 19.3 Å². The molecule has 0 saturated carbocycles. The predicted molar refractivity (Wildman–Crippen MR) is 145 cm³/mol. The molecule has 1 aromatic heterocycles. The van der Waals surface area contributed by atoms with Crippen LogP contribution in [0.25, 0.3) is 11.3 Å². The minimum atomic E-state index is -0.513. The molecule has 1 saturated heterocycles. The Balaban J connectivity index is 1.38. The average Bonchev–Trinajstić information content (AvgIpc) is 3.30. The van der Waals surface area contributed by atoms with Gasteiger partial charge in [-0.2, -0.15) is 10.5 Å². The van der Waals surface area contributed by atoms with Crippen molar-refractivity contribution in [1.29, 1.82) is 10.5 Å². The number of nitrogens with zero attached hydrogens (tertiary/aromatic N) is 5. The Hall–Kier alpha value is -4.51. The first-order valence-corrected chi connectivity index (χ1v) is 12.8. The van der Waals surface area contributed by atoms with Crippen LogP contribution >= 0.6 is 0 Å². The molecule has 10 heteroatoms. The Morgan fingerprint density at radius 2 is 2.03 bits per heavy atom. The molecule has 0 radical (unpaired) electrons. The third-order valence-electron chi connectivity index (χ3n) is 7.14. The van der Waals surface area contributed by atoms with E-state index in [1.54, 1.807) is 30.5 Å². The molecule has 0 amide bonds. The van der Waals surface area contributed by atoms with Crippen molar-refractivity contribution < 1.29 is 14.3 Å². The molecule has 10 nitrogen and oxygen atoms in total. The number of carbonyl (C=O) groups is 1. The van der Waals surface area contributed by atoms with Crippen molar-refractivity contribution in [3.63, 3.8) is 0 Å². The number of esters is 1. The van der Waals surface area contributed by atoms with Gasteiger partial charge >= 0.3 is 5.97 Å². The normalized spacial score (nSPS) is 18.4. The molecule has 2 aliphatic rings. The number of benzene rings is 2. The van der Waals surface area contributed by atoms with E-state index < -0.39 is 5.41 Å². The molecule has 5 rings (SSSR count). The predicted octanol–water partition coefficient (Wildman–Crippen LogP) is 3.50. The van der Waals surface area contributed by atoms with Gasteiger partial charge in [-0.1, -0.05) is 13.0 Å². The molecule has 0 aliphatic carbocycles. The first kappa shape index (κ1) is 26.1. The van der Waals surface area contributed by atoms with Gasteiger partial charge in [0, 0.05) is 42.5 Å². The fraction of sp³-hybridized carbons (Fsp3) is 0.345. The van der Waals surface area contributed by atoms with E-state index in [0.29, 0.717) is 55.6 Å². The number of hydrogen-bond acceptors (Lipinski definition) is 10. The Bertz CT molecular complexity index is 1490. The summed E-state index contributed by atoms with van der Waals surface area (Å²) in [6.07, 6.45) is 1.65. The van der Waals surface area contributed by atoms with Gasteiger partial charge in [0.15, 0.2) is 0 Å². The Kier molecular flexibility index (Phi) is 7.42. The quantitative estimate of drug-likeness (QED) is 0.443. The van der Waals surface area contributed by atoms with E-state index >= 15 is 0 Å². The topological polar surface area (TPSA) is 136 Å². The second-order valence-corrected chi connectivity index (χ2v) is 10.1. The number of aromatic nitrogens is 2. The molecular formula is C29H29N7O3. The maximum atomic E-state index is 12.6. The van der Waals surface area contributed by atoms with Gasteiger partial charge in [-0.25, -0.2) is 9.97 Å². The van der Waals surface area contributed by atoms with Gasteiger partial charge in [-0.05, 0) is 48.4 Å². The van der Waals surface area contributed by atoms with E-state index in [-0.39, 0.29) is 19.1 Å². The van der Waals surface area contributed by atoms with Crippen LogP contribution in [0.4, 0.5) is 17.3 Å². The lowest BCUT2D eigenvalue weighted by Crippen LogP contribution is -2.41. The van der Waals surface area contributed by atoms with E-state index in [0.717, 1.165) is 28.1 Å². The van der Waals surface area contributed by atoms with Crippen molar-refractivity contribution in [2.24, 2.45) is 0 Å². The summed E-state index contributed by atoms with van der Waals surface area (Å²) in [5.74, 6) is 0.105. The van der Waals surface area contributed by atoms with Crippen LogP contribution in [0.2, 0.25) is 0 Å². The minimum Gasteiger partial charge on any atom is -0.464 e. The third-order valence-corrected chi connectivity index (χ3v) is 7.14. The molecule has 1 fully saturated rings. The highest BCUT2D eigenvalue weighted by atomic mass is 16.5. The molecule has 198 valence electrons. The number of anilines is 3. The SMILES string of the molecule is Cc1ccc(C#N)cc1Nc1nccc(-c2cc(C#N)c3c(c2)[C@@](C)(COC(=O)CN2CCOCC2)CN3)n1. The molecule has 3 aromatic rings. The lowest BCUT2D eigenvalue weighted by molar-refractivity contribution is -0.147. The largest absolute Gasteiger partial charge is 0.464 e. The van der Waals surface area contributed by atoms with E-state index in [1.165, 1.54) is 0 Å². The molecule has 0 bridgehead atoms. The summed E-state index contributed by atoms with van der Waals surface area (Å²) in [6, 6.07) is 15.4. The maximum Gasteiger partial charge on any atom is 0.320 e. The van der Waals surface area contributed by atoms with Gasteiger partial charge < -0.3 is 20.1 Å². The van der Waals surface area contributed by atoms with Crippen molar-refractivity contribution in [3.05, 3.63) is 64.8 Å². The zero-order chi connectivity index (χ0) is 27.4. The maximum absolute atomic E-state index is 12.6. The van der Waals surface area contributed by atoms with Gasteiger partial charge in [0.05, 0.1) is 48.3 Å². The molecular weight excluding hydrogens is 494 g/mol. The van der Waals surface area contributed by atoms with E-state index in [1.807, 2.05) is 30.9 Å². The Morgan fingerprint density at radius 1 is 1.21 bits per heavy atom. The number of hydrogen-bond donors (Lipinski definition) is 2. The van der Waals surface area contributed by atoms with Crippen molar-refractivity contribution in [2.75, 3.05) is 56.6 Å². The van der Waals surface area contributed by atoms with Gasteiger partial charge in [0.2, 0.25) is 5.95 Å². The first-order chi connectivity index (χ1) is 18.9. The van der Waals surface area contributed by atoms with Crippen molar-refractivity contribution in [1.82, 2.24) is 14.9 Å².